The summed E-state index contributed by atoms with van der Waals surface area (Å²) in [4.78, 5) is 49.8. The number of carboxylic acid groups (broad SMARTS) is 4. The number of carboxylic acids is 4. The zero-order chi connectivity index (χ0) is 22.2. The molecule has 1 amide bonds. The molecule has 0 aliphatic heterocycles. The van der Waals surface area contributed by atoms with E-state index in [9.17, 15) is 24.0 Å². The van der Waals surface area contributed by atoms with Crippen LogP contribution < -0.4 is 22.9 Å². The first-order chi connectivity index (χ1) is 12.3. The monoisotopic (exact) mass is 414 g/mol. The summed E-state index contributed by atoms with van der Waals surface area (Å²) >= 11 is 3.65. The number of thiol groups is 1. The summed E-state index contributed by atoms with van der Waals surface area (Å²) in [6, 6.07) is -2.85. The van der Waals surface area contributed by atoms with Gasteiger partial charge < -0.3 is 43.4 Å². The molecular weight excluding hydrogens is 388 g/mol. The fourth-order valence-corrected chi connectivity index (χ4v) is 1.06. The van der Waals surface area contributed by atoms with Crippen molar-refractivity contribution in [3.05, 3.63) is 0 Å². The van der Waals surface area contributed by atoms with E-state index < -0.39 is 47.9 Å². The van der Waals surface area contributed by atoms with Gasteiger partial charge in [-0.15, -0.1) is 0 Å². The molecule has 14 heteroatoms. The smallest absolute Gasteiger partial charge is 0.321 e. The third-order valence-corrected chi connectivity index (χ3v) is 2.91. The van der Waals surface area contributed by atoms with Crippen LogP contribution >= 0.6 is 12.6 Å². The van der Waals surface area contributed by atoms with Crippen LogP contribution in [-0.2, 0) is 24.0 Å². The van der Waals surface area contributed by atoms with Crippen LogP contribution in [0.4, 0.5) is 0 Å². The van der Waals surface area contributed by atoms with Gasteiger partial charge in [-0.2, -0.15) is 12.6 Å². The Bertz CT molecular complexity index is 470. The molecule has 12 N–H and O–H groups in total. The lowest BCUT2D eigenvalue weighted by atomic mass is 10.2. The summed E-state index contributed by atoms with van der Waals surface area (Å²) in [5, 5.41) is 32.5. The molecule has 0 radical (unpaired) electrons. The van der Waals surface area contributed by atoms with Crippen LogP contribution in [-0.4, -0.2) is 74.1 Å². The summed E-state index contributed by atoms with van der Waals surface area (Å²) in [6.45, 7) is 0. The van der Waals surface area contributed by atoms with Gasteiger partial charge in [0.15, 0.2) is 0 Å². The van der Waals surface area contributed by atoms with Gasteiger partial charge in [-0.25, -0.2) is 0 Å². The molecule has 3 atom stereocenters. The number of rotatable bonds is 10. The first-order valence-electron chi connectivity index (χ1n) is 7.32. The number of aliphatic carboxylic acids is 4. The normalized spacial score (nSPS) is 12.7. The van der Waals surface area contributed by atoms with Crippen LogP contribution in [0.3, 0.4) is 0 Å². The lowest BCUT2D eigenvalue weighted by Gasteiger charge is -2.01. The minimum Gasteiger partial charge on any atom is -0.481 e. The van der Waals surface area contributed by atoms with E-state index in [0.29, 0.717) is 0 Å². The number of amides is 1. The first kappa shape index (κ1) is 29.3. The highest BCUT2D eigenvalue weighted by molar-refractivity contribution is 7.80. The Morgan fingerprint density at radius 1 is 0.704 bits per heavy atom. The Morgan fingerprint density at radius 2 is 1.04 bits per heavy atom. The SMILES string of the molecule is NC(=O)CCC(N)C(=O)O.NC(CCC(=O)O)C(=O)O.NC(CS)C(=O)O. The van der Waals surface area contributed by atoms with Gasteiger partial charge in [0.05, 0.1) is 0 Å². The van der Waals surface area contributed by atoms with Crippen molar-refractivity contribution >= 4 is 42.4 Å². The van der Waals surface area contributed by atoms with Crippen molar-refractivity contribution in [2.75, 3.05) is 5.75 Å². The standard InChI is InChI=1S/C5H10N2O3.C5H9NO4.C3H7NO2S/c2*6-3(5(9)10)1-2-4(7)8;4-2(1-7)3(5)6/h3H,1-2,6H2,(H2,7,8)(H,9,10);3H,1-2,6H2,(H,7,8)(H,9,10);2,7H,1,4H2,(H,5,6). The van der Waals surface area contributed by atoms with Crippen molar-refractivity contribution < 1.29 is 44.4 Å². The molecule has 0 aliphatic rings. The van der Waals surface area contributed by atoms with E-state index in [1.807, 2.05) is 0 Å². The maximum Gasteiger partial charge on any atom is 0.321 e. The second-order valence-corrected chi connectivity index (χ2v) is 5.32. The van der Waals surface area contributed by atoms with Gasteiger partial charge in [0, 0.05) is 18.6 Å². The van der Waals surface area contributed by atoms with E-state index in [0.717, 1.165) is 0 Å². The molecule has 0 bridgehead atoms. The Morgan fingerprint density at radius 3 is 1.22 bits per heavy atom. The van der Waals surface area contributed by atoms with E-state index in [4.69, 9.17) is 43.4 Å². The molecule has 158 valence electrons. The molecule has 0 saturated heterocycles. The van der Waals surface area contributed by atoms with E-state index in [1.54, 1.807) is 0 Å². The molecule has 0 rings (SSSR count). The van der Waals surface area contributed by atoms with Crippen LogP contribution in [0.25, 0.3) is 0 Å². The Kier molecular flexibility index (Phi) is 18.5. The maximum absolute atomic E-state index is 10.1. The second kappa shape index (κ2) is 17.0. The number of nitrogens with two attached hydrogens (primary N) is 4. The predicted molar refractivity (Wildman–Crippen MR) is 96.0 cm³/mol. The fraction of sp³-hybridized carbons (Fsp3) is 0.615. The van der Waals surface area contributed by atoms with Crippen molar-refractivity contribution in [1.29, 1.82) is 0 Å². The van der Waals surface area contributed by atoms with Gasteiger partial charge in [-0.1, -0.05) is 0 Å². The molecule has 0 aliphatic carbocycles. The zero-order valence-electron chi connectivity index (χ0n) is 14.4. The molecule has 0 aromatic carbocycles. The van der Waals surface area contributed by atoms with E-state index in [1.165, 1.54) is 0 Å². The molecule has 13 nitrogen and oxygen atoms in total. The molecule has 0 spiro atoms. The zero-order valence-corrected chi connectivity index (χ0v) is 15.2. The summed E-state index contributed by atoms with van der Waals surface area (Å²) in [5.74, 6) is -4.65. The highest BCUT2D eigenvalue weighted by Gasteiger charge is 2.12. The molecule has 0 aromatic rings. The van der Waals surface area contributed by atoms with Gasteiger partial charge in [0.2, 0.25) is 5.91 Å². The number of hydrogen-bond acceptors (Lipinski definition) is 9. The average molecular weight is 414 g/mol. The van der Waals surface area contributed by atoms with Crippen LogP contribution in [0, 0.1) is 0 Å². The summed E-state index contributed by atoms with van der Waals surface area (Å²) in [5.41, 5.74) is 19.8. The van der Waals surface area contributed by atoms with Crippen molar-refractivity contribution in [3.8, 4) is 0 Å². The Labute approximate surface area is 160 Å². The van der Waals surface area contributed by atoms with E-state index in [-0.39, 0.29) is 31.4 Å². The number of hydrogen-bond donors (Lipinski definition) is 9. The minimum atomic E-state index is -1.17. The van der Waals surface area contributed by atoms with Crippen molar-refractivity contribution in [3.63, 3.8) is 0 Å². The third-order valence-electron chi connectivity index (χ3n) is 2.52. The summed E-state index contributed by atoms with van der Waals surface area (Å²) in [7, 11) is 0. The second-order valence-electron chi connectivity index (χ2n) is 4.95. The Balaban J connectivity index is -0.000000326. The molecule has 0 heterocycles. The van der Waals surface area contributed by atoms with Gasteiger partial charge >= 0.3 is 23.9 Å². The number of carbonyl (C=O) groups excluding carboxylic acids is 1. The van der Waals surface area contributed by atoms with Crippen LogP contribution in [0.1, 0.15) is 25.7 Å². The number of primary amides is 1. The van der Waals surface area contributed by atoms with Crippen molar-refractivity contribution in [1.82, 2.24) is 0 Å². The van der Waals surface area contributed by atoms with Gasteiger partial charge in [0.1, 0.15) is 18.1 Å². The number of carbonyl (C=O) groups is 5. The predicted octanol–water partition coefficient (Wildman–Crippen LogP) is -2.74. The van der Waals surface area contributed by atoms with Crippen LogP contribution in [0.5, 0.6) is 0 Å². The molecular formula is C13H26N4O9S. The van der Waals surface area contributed by atoms with Gasteiger partial charge in [-0.3, -0.25) is 24.0 Å². The minimum absolute atomic E-state index is 0.0213. The van der Waals surface area contributed by atoms with Gasteiger partial charge in [-0.05, 0) is 12.8 Å². The Hall–Kier alpha value is -2.42. The summed E-state index contributed by atoms with van der Waals surface area (Å²) < 4.78 is 0. The molecule has 3 unspecified atom stereocenters. The highest BCUT2D eigenvalue weighted by atomic mass is 32.1. The largest absolute Gasteiger partial charge is 0.481 e. The summed E-state index contributed by atoms with van der Waals surface area (Å²) in [6.07, 6.45) is -0.101. The highest BCUT2D eigenvalue weighted by Crippen LogP contribution is 1.93. The van der Waals surface area contributed by atoms with Crippen molar-refractivity contribution in [2.24, 2.45) is 22.9 Å². The molecule has 0 fully saturated rings. The third kappa shape index (κ3) is 23.6. The molecule has 0 saturated carbocycles. The maximum atomic E-state index is 10.1. The van der Waals surface area contributed by atoms with Gasteiger partial charge in [0.25, 0.3) is 0 Å². The molecule has 27 heavy (non-hydrogen) atoms. The van der Waals surface area contributed by atoms with Crippen molar-refractivity contribution in [2.45, 2.75) is 43.8 Å². The quantitative estimate of drug-likeness (QED) is 0.165. The lowest BCUT2D eigenvalue weighted by Crippen LogP contribution is -2.31. The first-order valence-corrected chi connectivity index (χ1v) is 7.95. The lowest BCUT2D eigenvalue weighted by molar-refractivity contribution is -0.141. The average Bonchev–Trinajstić information content (AvgIpc) is 2.57. The van der Waals surface area contributed by atoms with E-state index in [2.05, 4.69) is 12.6 Å². The fourth-order valence-electron chi connectivity index (χ4n) is 0.902. The molecule has 0 aromatic heterocycles. The topological polar surface area (TPSA) is 270 Å². The van der Waals surface area contributed by atoms with Crippen LogP contribution in [0.15, 0.2) is 0 Å². The van der Waals surface area contributed by atoms with Crippen LogP contribution in [0.2, 0.25) is 0 Å². The van der Waals surface area contributed by atoms with E-state index >= 15 is 0 Å².